The molecule has 3 heteroatoms. The second-order valence-corrected chi connectivity index (χ2v) is 5.20. The molecule has 0 aromatic carbocycles. The van der Waals surface area contributed by atoms with Crippen molar-refractivity contribution in [2.75, 3.05) is 40.4 Å². The average molecular weight is 214 g/mol. The van der Waals surface area contributed by atoms with Gasteiger partial charge in [-0.25, -0.2) is 0 Å². The maximum atomic E-state index is 5.65. The lowest BCUT2D eigenvalue weighted by Crippen LogP contribution is -2.48. The summed E-state index contributed by atoms with van der Waals surface area (Å²) in [6, 6.07) is 0.612. The molecule has 1 atom stereocenters. The van der Waals surface area contributed by atoms with Gasteiger partial charge >= 0.3 is 0 Å². The van der Waals surface area contributed by atoms with Crippen molar-refractivity contribution in [1.82, 2.24) is 10.2 Å². The molecule has 1 unspecified atom stereocenters. The van der Waals surface area contributed by atoms with Gasteiger partial charge in [-0.1, -0.05) is 0 Å². The second-order valence-electron chi connectivity index (χ2n) is 5.20. The van der Waals surface area contributed by atoms with Gasteiger partial charge in [-0.2, -0.15) is 0 Å². The van der Waals surface area contributed by atoms with Crippen molar-refractivity contribution >= 4 is 0 Å². The molecule has 0 aromatic rings. The molecular formula is C12H26N2O. The predicted octanol–water partition coefficient (Wildman–Crippen LogP) is 1.34. The minimum absolute atomic E-state index is 0.325. The first-order valence-electron chi connectivity index (χ1n) is 6.02. The van der Waals surface area contributed by atoms with E-state index in [2.05, 4.69) is 31.1 Å². The fourth-order valence-corrected chi connectivity index (χ4v) is 2.32. The molecule has 3 nitrogen and oxygen atoms in total. The summed E-state index contributed by atoms with van der Waals surface area (Å²) in [6.07, 6.45) is 2.48. The van der Waals surface area contributed by atoms with Gasteiger partial charge in [0.2, 0.25) is 0 Å². The molecule has 15 heavy (non-hydrogen) atoms. The van der Waals surface area contributed by atoms with Crippen molar-refractivity contribution < 1.29 is 4.74 Å². The summed E-state index contributed by atoms with van der Waals surface area (Å²) in [4.78, 5) is 2.42. The van der Waals surface area contributed by atoms with E-state index in [1.54, 1.807) is 0 Å². The number of rotatable bonds is 5. The van der Waals surface area contributed by atoms with Gasteiger partial charge in [0.1, 0.15) is 0 Å². The first-order valence-corrected chi connectivity index (χ1v) is 6.02. The number of hydrogen-bond donors (Lipinski definition) is 1. The fraction of sp³-hybridized carbons (Fsp3) is 1.00. The first kappa shape index (κ1) is 12.9. The van der Waals surface area contributed by atoms with Crippen LogP contribution in [0.4, 0.5) is 0 Å². The Kier molecular flexibility index (Phi) is 5.03. The Hall–Kier alpha value is -0.120. The van der Waals surface area contributed by atoms with Crippen LogP contribution in [0, 0.1) is 5.41 Å². The van der Waals surface area contributed by atoms with Gasteiger partial charge in [0.15, 0.2) is 0 Å². The minimum Gasteiger partial charge on any atom is -0.381 e. The van der Waals surface area contributed by atoms with Crippen LogP contribution in [-0.2, 0) is 4.74 Å². The van der Waals surface area contributed by atoms with Crippen LogP contribution in [0.25, 0.3) is 0 Å². The molecule has 1 aliphatic rings. The first-order chi connectivity index (χ1) is 7.09. The van der Waals surface area contributed by atoms with E-state index in [1.165, 1.54) is 12.8 Å². The normalized spacial score (nSPS) is 27.6. The molecule has 0 aliphatic carbocycles. The zero-order chi connectivity index (χ0) is 11.3. The van der Waals surface area contributed by atoms with Crippen LogP contribution in [-0.4, -0.2) is 51.3 Å². The van der Waals surface area contributed by atoms with Crippen molar-refractivity contribution in [3.8, 4) is 0 Å². The summed E-state index contributed by atoms with van der Waals surface area (Å²) in [6.45, 7) is 8.53. The van der Waals surface area contributed by atoms with Crippen molar-refractivity contribution in [2.45, 2.75) is 32.7 Å². The maximum absolute atomic E-state index is 5.65. The Balaban J connectivity index is 2.55. The van der Waals surface area contributed by atoms with Gasteiger partial charge in [0.25, 0.3) is 0 Å². The molecular weight excluding hydrogens is 188 g/mol. The SMILES string of the molecule is CNCC1(CN(C)C(C)C)CCCOC1. The van der Waals surface area contributed by atoms with E-state index in [1.807, 2.05) is 7.05 Å². The number of hydrogen-bond acceptors (Lipinski definition) is 3. The Bertz CT molecular complexity index is 171. The molecule has 1 rings (SSSR count). The lowest BCUT2D eigenvalue weighted by Gasteiger charge is -2.41. The summed E-state index contributed by atoms with van der Waals surface area (Å²) in [5.74, 6) is 0. The molecule has 0 spiro atoms. The summed E-state index contributed by atoms with van der Waals surface area (Å²) < 4.78 is 5.65. The number of ether oxygens (including phenoxy) is 1. The largest absolute Gasteiger partial charge is 0.381 e. The standard InChI is InChI=1S/C12H26N2O/c1-11(2)14(4)9-12(8-13-3)6-5-7-15-10-12/h11,13H,5-10H2,1-4H3. The van der Waals surface area contributed by atoms with Crippen molar-refractivity contribution in [3.05, 3.63) is 0 Å². The van der Waals surface area contributed by atoms with Gasteiger partial charge in [-0.15, -0.1) is 0 Å². The monoisotopic (exact) mass is 214 g/mol. The lowest BCUT2D eigenvalue weighted by molar-refractivity contribution is -0.0255. The number of nitrogens with one attached hydrogen (secondary N) is 1. The topological polar surface area (TPSA) is 24.5 Å². The summed E-state index contributed by atoms with van der Waals surface area (Å²) in [7, 11) is 4.24. The molecule has 0 amide bonds. The zero-order valence-electron chi connectivity index (χ0n) is 10.7. The minimum atomic E-state index is 0.325. The summed E-state index contributed by atoms with van der Waals surface area (Å²) >= 11 is 0. The van der Waals surface area contributed by atoms with Gasteiger partial charge in [0, 0.05) is 31.2 Å². The molecule has 1 saturated heterocycles. The highest BCUT2D eigenvalue weighted by Crippen LogP contribution is 2.29. The van der Waals surface area contributed by atoms with Crippen LogP contribution >= 0.6 is 0 Å². The van der Waals surface area contributed by atoms with Gasteiger partial charge in [-0.3, -0.25) is 0 Å². The van der Waals surface area contributed by atoms with Crippen LogP contribution in [0.3, 0.4) is 0 Å². The summed E-state index contributed by atoms with van der Waals surface area (Å²) in [5, 5.41) is 3.32. The predicted molar refractivity (Wildman–Crippen MR) is 64.2 cm³/mol. The highest BCUT2D eigenvalue weighted by atomic mass is 16.5. The van der Waals surface area contributed by atoms with E-state index in [0.717, 1.165) is 26.3 Å². The molecule has 1 fully saturated rings. The average Bonchev–Trinajstić information content (AvgIpc) is 2.19. The van der Waals surface area contributed by atoms with E-state index in [-0.39, 0.29) is 0 Å². The van der Waals surface area contributed by atoms with E-state index < -0.39 is 0 Å². The van der Waals surface area contributed by atoms with Crippen LogP contribution < -0.4 is 5.32 Å². The second kappa shape index (κ2) is 5.83. The van der Waals surface area contributed by atoms with E-state index >= 15 is 0 Å². The Morgan fingerprint density at radius 3 is 2.67 bits per heavy atom. The maximum Gasteiger partial charge on any atom is 0.0546 e. The van der Waals surface area contributed by atoms with Crippen LogP contribution in [0.2, 0.25) is 0 Å². The van der Waals surface area contributed by atoms with Crippen molar-refractivity contribution in [1.29, 1.82) is 0 Å². The molecule has 0 aromatic heterocycles. The fourth-order valence-electron chi connectivity index (χ4n) is 2.32. The third kappa shape index (κ3) is 3.74. The highest BCUT2D eigenvalue weighted by molar-refractivity contribution is 4.86. The smallest absolute Gasteiger partial charge is 0.0546 e. The van der Waals surface area contributed by atoms with Crippen LogP contribution in [0.15, 0.2) is 0 Å². The third-order valence-electron chi connectivity index (χ3n) is 3.42. The van der Waals surface area contributed by atoms with Gasteiger partial charge < -0.3 is 15.0 Å². The van der Waals surface area contributed by atoms with Crippen molar-refractivity contribution in [2.24, 2.45) is 5.41 Å². The molecule has 1 aliphatic heterocycles. The molecule has 0 saturated carbocycles. The highest BCUT2D eigenvalue weighted by Gasteiger charge is 2.33. The van der Waals surface area contributed by atoms with Crippen LogP contribution in [0.1, 0.15) is 26.7 Å². The quantitative estimate of drug-likeness (QED) is 0.747. The Labute approximate surface area is 94.2 Å². The third-order valence-corrected chi connectivity index (χ3v) is 3.42. The van der Waals surface area contributed by atoms with Gasteiger partial charge in [0.05, 0.1) is 6.61 Å². The molecule has 90 valence electrons. The van der Waals surface area contributed by atoms with Gasteiger partial charge in [-0.05, 0) is 40.8 Å². The van der Waals surface area contributed by atoms with Crippen molar-refractivity contribution in [3.63, 3.8) is 0 Å². The summed E-state index contributed by atoms with van der Waals surface area (Å²) in [5.41, 5.74) is 0.325. The van der Waals surface area contributed by atoms with E-state index in [9.17, 15) is 0 Å². The molecule has 1 heterocycles. The van der Waals surface area contributed by atoms with Crippen LogP contribution in [0.5, 0.6) is 0 Å². The Morgan fingerprint density at radius 1 is 1.47 bits per heavy atom. The Morgan fingerprint density at radius 2 is 2.20 bits per heavy atom. The molecule has 0 radical (unpaired) electrons. The zero-order valence-corrected chi connectivity index (χ0v) is 10.7. The molecule has 0 bridgehead atoms. The van der Waals surface area contributed by atoms with E-state index in [0.29, 0.717) is 11.5 Å². The lowest BCUT2D eigenvalue weighted by atomic mass is 9.81. The molecule has 1 N–H and O–H groups in total. The number of nitrogens with zero attached hydrogens (tertiary/aromatic N) is 1. The van der Waals surface area contributed by atoms with E-state index in [4.69, 9.17) is 4.74 Å².